The molecular weight excluding hydrogens is 344 g/mol. The molecule has 2 aromatic carbocycles. The third kappa shape index (κ3) is 6.77. The molecule has 0 saturated heterocycles. The van der Waals surface area contributed by atoms with Gasteiger partial charge in [-0.3, -0.25) is 0 Å². The van der Waals surface area contributed by atoms with Gasteiger partial charge in [0.2, 0.25) is 0 Å². The van der Waals surface area contributed by atoms with Gasteiger partial charge in [0.1, 0.15) is 11.5 Å². The van der Waals surface area contributed by atoms with Crippen molar-refractivity contribution in [1.82, 2.24) is 0 Å². The van der Waals surface area contributed by atoms with Crippen LogP contribution in [0, 0.1) is 0 Å². The van der Waals surface area contributed by atoms with Crippen LogP contribution in [0.15, 0.2) is 48.5 Å². The lowest BCUT2D eigenvalue weighted by atomic mass is 10.2. The summed E-state index contributed by atoms with van der Waals surface area (Å²) in [5.41, 5.74) is 0.847. The third-order valence-corrected chi connectivity index (χ3v) is 3.93. The van der Waals surface area contributed by atoms with E-state index in [4.69, 9.17) is 14.2 Å². The van der Waals surface area contributed by atoms with Crippen molar-refractivity contribution in [3.05, 3.63) is 59.7 Å². The highest BCUT2D eigenvalue weighted by Crippen LogP contribution is 2.17. The number of benzene rings is 2. The van der Waals surface area contributed by atoms with Gasteiger partial charge in [-0.25, -0.2) is 9.59 Å². The maximum atomic E-state index is 12.2. The zero-order valence-corrected chi connectivity index (χ0v) is 15.9. The van der Waals surface area contributed by atoms with E-state index in [9.17, 15) is 9.59 Å². The molecule has 5 heteroatoms. The molecule has 0 aliphatic carbocycles. The summed E-state index contributed by atoms with van der Waals surface area (Å²) >= 11 is 0. The average molecular weight is 370 g/mol. The molecule has 0 fully saturated rings. The molecule has 0 atom stereocenters. The minimum Gasteiger partial charge on any atom is -0.494 e. The molecule has 0 N–H and O–H groups in total. The highest BCUT2D eigenvalue weighted by molar-refractivity contribution is 5.92. The molecule has 0 bridgehead atoms. The highest BCUT2D eigenvalue weighted by Gasteiger charge is 2.11. The molecule has 0 unspecified atom stereocenters. The van der Waals surface area contributed by atoms with Gasteiger partial charge in [-0.2, -0.15) is 0 Å². The fraction of sp³-hybridized carbons (Fsp3) is 0.364. The van der Waals surface area contributed by atoms with Gasteiger partial charge in [-0.1, -0.05) is 26.2 Å². The molecule has 0 amide bonds. The molecule has 144 valence electrons. The normalized spacial score (nSPS) is 10.3. The van der Waals surface area contributed by atoms with E-state index in [0.29, 0.717) is 30.1 Å². The second kappa shape index (κ2) is 11.0. The molecule has 0 aliphatic heterocycles. The van der Waals surface area contributed by atoms with Gasteiger partial charge in [-0.15, -0.1) is 0 Å². The number of rotatable bonds is 10. The zero-order chi connectivity index (χ0) is 19.5. The summed E-state index contributed by atoms with van der Waals surface area (Å²) in [4.78, 5) is 23.8. The SMILES string of the molecule is CCCCCCOc1ccc(C(=O)Oc2ccc(C(=O)OCC)cc2)cc1. The summed E-state index contributed by atoms with van der Waals surface area (Å²) in [6, 6.07) is 13.1. The Kier molecular flexibility index (Phi) is 8.36. The summed E-state index contributed by atoms with van der Waals surface area (Å²) in [6.45, 7) is 4.91. The number of hydrogen-bond donors (Lipinski definition) is 0. The Hall–Kier alpha value is -2.82. The van der Waals surface area contributed by atoms with Crippen LogP contribution in [0.2, 0.25) is 0 Å². The standard InChI is InChI=1S/C22H26O5/c1-3-5-6-7-16-26-19-12-8-18(9-13-19)22(24)27-20-14-10-17(11-15-20)21(23)25-4-2/h8-15H,3-7,16H2,1-2H3. The van der Waals surface area contributed by atoms with E-state index in [2.05, 4.69) is 6.92 Å². The molecule has 5 nitrogen and oxygen atoms in total. The molecule has 27 heavy (non-hydrogen) atoms. The van der Waals surface area contributed by atoms with Gasteiger partial charge in [0.25, 0.3) is 0 Å². The molecule has 2 rings (SSSR count). The number of carbonyl (C=O) groups is 2. The topological polar surface area (TPSA) is 61.8 Å². The van der Waals surface area contributed by atoms with Gasteiger partial charge in [-0.05, 0) is 61.9 Å². The Morgan fingerprint density at radius 2 is 1.33 bits per heavy atom. The molecule has 0 spiro atoms. The number of unbranched alkanes of at least 4 members (excludes halogenated alkanes) is 3. The largest absolute Gasteiger partial charge is 0.494 e. The fourth-order valence-electron chi connectivity index (χ4n) is 2.45. The number of carbonyl (C=O) groups excluding carboxylic acids is 2. The molecular formula is C22H26O5. The van der Waals surface area contributed by atoms with E-state index in [1.54, 1.807) is 55.5 Å². The monoisotopic (exact) mass is 370 g/mol. The molecule has 0 radical (unpaired) electrons. The van der Waals surface area contributed by atoms with Gasteiger partial charge in [0, 0.05) is 0 Å². The molecule has 2 aromatic rings. The van der Waals surface area contributed by atoms with Crippen molar-refractivity contribution < 1.29 is 23.8 Å². The van der Waals surface area contributed by atoms with Crippen LogP contribution in [0.3, 0.4) is 0 Å². The zero-order valence-electron chi connectivity index (χ0n) is 15.9. The van der Waals surface area contributed by atoms with Crippen molar-refractivity contribution in [3.63, 3.8) is 0 Å². The Bertz CT molecular complexity index is 719. The van der Waals surface area contributed by atoms with Gasteiger partial charge in [0.15, 0.2) is 0 Å². The van der Waals surface area contributed by atoms with Crippen molar-refractivity contribution in [2.24, 2.45) is 0 Å². The Balaban J connectivity index is 1.85. The molecule has 0 aromatic heterocycles. The minimum absolute atomic E-state index is 0.314. The molecule has 0 aliphatic rings. The van der Waals surface area contributed by atoms with Crippen LogP contribution in [-0.4, -0.2) is 25.2 Å². The smallest absolute Gasteiger partial charge is 0.343 e. The number of esters is 2. The van der Waals surface area contributed by atoms with E-state index >= 15 is 0 Å². The number of ether oxygens (including phenoxy) is 3. The summed E-state index contributed by atoms with van der Waals surface area (Å²) in [6.07, 6.45) is 4.60. The van der Waals surface area contributed by atoms with Crippen LogP contribution in [0.1, 0.15) is 60.2 Å². The Morgan fingerprint density at radius 3 is 1.93 bits per heavy atom. The van der Waals surface area contributed by atoms with Gasteiger partial charge < -0.3 is 14.2 Å². The van der Waals surface area contributed by atoms with Crippen molar-refractivity contribution in [3.8, 4) is 11.5 Å². The highest BCUT2D eigenvalue weighted by atomic mass is 16.5. The lowest BCUT2D eigenvalue weighted by molar-refractivity contribution is 0.0526. The van der Waals surface area contributed by atoms with Crippen molar-refractivity contribution in [2.45, 2.75) is 39.5 Å². The predicted molar refractivity (Wildman–Crippen MR) is 103 cm³/mol. The Morgan fingerprint density at radius 1 is 0.741 bits per heavy atom. The van der Waals surface area contributed by atoms with Crippen LogP contribution in [0.25, 0.3) is 0 Å². The summed E-state index contributed by atoms with van der Waals surface area (Å²) < 4.78 is 15.9. The van der Waals surface area contributed by atoms with E-state index in [-0.39, 0.29) is 0 Å². The van der Waals surface area contributed by atoms with Crippen LogP contribution in [-0.2, 0) is 4.74 Å². The lowest BCUT2D eigenvalue weighted by Crippen LogP contribution is -2.09. The quantitative estimate of drug-likeness (QED) is 0.333. The first kappa shape index (κ1) is 20.5. The maximum absolute atomic E-state index is 12.2. The Labute approximate surface area is 160 Å². The van der Waals surface area contributed by atoms with Gasteiger partial charge in [0.05, 0.1) is 24.3 Å². The first-order valence-electron chi connectivity index (χ1n) is 9.36. The third-order valence-electron chi connectivity index (χ3n) is 3.93. The fourth-order valence-corrected chi connectivity index (χ4v) is 2.45. The minimum atomic E-state index is -0.464. The van der Waals surface area contributed by atoms with Crippen LogP contribution < -0.4 is 9.47 Å². The van der Waals surface area contributed by atoms with Crippen molar-refractivity contribution in [2.75, 3.05) is 13.2 Å². The van der Waals surface area contributed by atoms with Crippen LogP contribution >= 0.6 is 0 Å². The average Bonchev–Trinajstić information content (AvgIpc) is 2.69. The van der Waals surface area contributed by atoms with Crippen LogP contribution in [0.5, 0.6) is 11.5 Å². The summed E-state index contributed by atoms with van der Waals surface area (Å²) in [5, 5.41) is 0. The predicted octanol–water partition coefficient (Wildman–Crippen LogP) is 5.04. The summed E-state index contributed by atoms with van der Waals surface area (Å²) in [7, 11) is 0. The second-order valence-electron chi connectivity index (χ2n) is 6.07. The van der Waals surface area contributed by atoms with E-state index in [1.165, 1.54) is 12.8 Å². The first-order valence-corrected chi connectivity index (χ1v) is 9.36. The lowest BCUT2D eigenvalue weighted by Gasteiger charge is -2.08. The summed E-state index contributed by atoms with van der Waals surface area (Å²) in [5.74, 6) is 0.236. The van der Waals surface area contributed by atoms with E-state index in [0.717, 1.165) is 18.6 Å². The van der Waals surface area contributed by atoms with Crippen molar-refractivity contribution in [1.29, 1.82) is 0 Å². The maximum Gasteiger partial charge on any atom is 0.343 e. The second-order valence-corrected chi connectivity index (χ2v) is 6.07. The molecule has 0 saturated carbocycles. The molecule has 0 heterocycles. The van der Waals surface area contributed by atoms with Crippen LogP contribution in [0.4, 0.5) is 0 Å². The first-order chi connectivity index (χ1) is 13.1. The van der Waals surface area contributed by atoms with Crippen molar-refractivity contribution >= 4 is 11.9 Å². The van der Waals surface area contributed by atoms with E-state index < -0.39 is 11.9 Å². The van der Waals surface area contributed by atoms with E-state index in [1.807, 2.05) is 0 Å². The van der Waals surface area contributed by atoms with Gasteiger partial charge >= 0.3 is 11.9 Å². The number of hydrogen-bond acceptors (Lipinski definition) is 5.